The highest BCUT2D eigenvalue weighted by Crippen LogP contribution is 2.22. The van der Waals surface area contributed by atoms with Crippen molar-refractivity contribution in [1.29, 1.82) is 0 Å². The molecule has 0 aliphatic carbocycles. The average Bonchev–Trinajstić information content (AvgIpc) is 2.97. The normalized spacial score (nSPS) is 14.8. The Labute approximate surface area is 228 Å². The highest BCUT2D eigenvalue weighted by molar-refractivity contribution is 6.12. The summed E-state index contributed by atoms with van der Waals surface area (Å²) in [4.78, 5) is 44.4. The number of carbonyl (C=O) groups is 3. The van der Waals surface area contributed by atoms with E-state index >= 15 is 0 Å². The molecule has 0 unspecified atom stereocenters. The van der Waals surface area contributed by atoms with Gasteiger partial charge in [0.2, 0.25) is 5.60 Å². The average molecular weight is 533 g/mol. The zero-order chi connectivity index (χ0) is 28.3. The molecule has 1 heterocycles. The van der Waals surface area contributed by atoms with Crippen molar-refractivity contribution in [1.82, 2.24) is 15.6 Å². The Morgan fingerprint density at radius 3 is 2.18 bits per heavy atom. The van der Waals surface area contributed by atoms with E-state index in [0.717, 1.165) is 11.1 Å². The van der Waals surface area contributed by atoms with Crippen LogP contribution >= 0.6 is 0 Å². The second-order valence-electron chi connectivity index (χ2n) is 9.50. The number of nitrogens with one attached hydrogen (secondary N) is 2. The Kier molecular flexibility index (Phi) is 10.7. The van der Waals surface area contributed by atoms with Crippen LogP contribution < -0.4 is 16.4 Å². The number of pyridine rings is 1. The Morgan fingerprint density at radius 1 is 0.974 bits per heavy atom. The molecule has 3 aromatic rings. The van der Waals surface area contributed by atoms with Crippen molar-refractivity contribution in [3.8, 4) is 0 Å². The van der Waals surface area contributed by atoms with Gasteiger partial charge in [0, 0.05) is 6.20 Å². The standard InChI is InChI=1S/C30H36N4O5/c1-3-21(2)26(34-29(37)39-20-23-14-8-5-9-15-23)27(35)30(38,25(31)18-22-12-6-4-7-13-22)28(36)33-19-24-16-10-11-17-32-24/h4-17,21,25-26,38H,3,18-20,31H2,1-2H3,(H,33,36)(H,34,37)/t21-,25-,26-,30+/m0/s1. The van der Waals surface area contributed by atoms with Crippen LogP contribution in [-0.2, 0) is 33.9 Å². The molecule has 206 valence electrons. The van der Waals surface area contributed by atoms with Gasteiger partial charge >= 0.3 is 6.09 Å². The van der Waals surface area contributed by atoms with Crippen molar-refractivity contribution < 1.29 is 24.2 Å². The van der Waals surface area contributed by atoms with Crippen molar-refractivity contribution >= 4 is 17.8 Å². The van der Waals surface area contributed by atoms with Gasteiger partial charge < -0.3 is 26.2 Å². The van der Waals surface area contributed by atoms with E-state index in [0.29, 0.717) is 12.1 Å². The summed E-state index contributed by atoms with van der Waals surface area (Å²) in [5, 5.41) is 17.0. The number of nitrogens with zero attached hydrogens (tertiary/aromatic N) is 1. The van der Waals surface area contributed by atoms with Crippen molar-refractivity contribution in [3.63, 3.8) is 0 Å². The summed E-state index contributed by atoms with van der Waals surface area (Å²) in [7, 11) is 0. The maximum atomic E-state index is 14.0. The number of rotatable bonds is 13. The van der Waals surface area contributed by atoms with Crippen LogP contribution in [-0.4, -0.2) is 45.6 Å². The van der Waals surface area contributed by atoms with Crippen LogP contribution in [0.3, 0.4) is 0 Å². The molecule has 0 spiro atoms. The van der Waals surface area contributed by atoms with Crippen molar-refractivity contribution in [2.45, 2.75) is 57.5 Å². The maximum absolute atomic E-state index is 14.0. The lowest BCUT2D eigenvalue weighted by molar-refractivity contribution is -0.157. The van der Waals surface area contributed by atoms with Gasteiger partial charge in [-0.15, -0.1) is 0 Å². The van der Waals surface area contributed by atoms with E-state index in [2.05, 4.69) is 15.6 Å². The fourth-order valence-electron chi connectivity index (χ4n) is 4.12. The van der Waals surface area contributed by atoms with Gasteiger partial charge in [-0.25, -0.2) is 4.79 Å². The van der Waals surface area contributed by atoms with Crippen LogP contribution in [0.5, 0.6) is 0 Å². The van der Waals surface area contributed by atoms with Crippen LogP contribution in [0.4, 0.5) is 4.79 Å². The fourth-order valence-corrected chi connectivity index (χ4v) is 4.12. The number of benzene rings is 2. The molecule has 2 aromatic carbocycles. The van der Waals surface area contributed by atoms with E-state index in [-0.39, 0.29) is 19.6 Å². The summed E-state index contributed by atoms with van der Waals surface area (Å²) in [5.74, 6) is -2.30. The lowest BCUT2D eigenvalue weighted by Crippen LogP contribution is -2.68. The van der Waals surface area contributed by atoms with Gasteiger partial charge in [-0.2, -0.15) is 0 Å². The Morgan fingerprint density at radius 2 is 1.59 bits per heavy atom. The van der Waals surface area contributed by atoms with Crippen LogP contribution in [0.2, 0.25) is 0 Å². The third-order valence-electron chi connectivity index (χ3n) is 6.69. The molecule has 9 nitrogen and oxygen atoms in total. The third-order valence-corrected chi connectivity index (χ3v) is 6.69. The van der Waals surface area contributed by atoms with Crippen molar-refractivity contribution in [3.05, 3.63) is 102 Å². The maximum Gasteiger partial charge on any atom is 0.408 e. The molecule has 0 fully saturated rings. The number of carbonyl (C=O) groups excluding carboxylic acids is 3. The molecule has 0 bridgehead atoms. The van der Waals surface area contributed by atoms with Gasteiger partial charge in [0.25, 0.3) is 5.91 Å². The summed E-state index contributed by atoms with van der Waals surface area (Å²) >= 11 is 0. The van der Waals surface area contributed by atoms with Crippen molar-refractivity contribution in [2.24, 2.45) is 11.7 Å². The molecule has 0 aliphatic heterocycles. The first-order valence-corrected chi connectivity index (χ1v) is 13.0. The summed E-state index contributed by atoms with van der Waals surface area (Å²) in [6.07, 6.45) is 1.26. The van der Waals surface area contributed by atoms with E-state index in [1.807, 2.05) is 31.2 Å². The monoisotopic (exact) mass is 532 g/mol. The number of ketones is 1. The van der Waals surface area contributed by atoms with Crippen LogP contribution in [0.15, 0.2) is 85.1 Å². The van der Waals surface area contributed by atoms with E-state index in [4.69, 9.17) is 10.5 Å². The van der Waals surface area contributed by atoms with Gasteiger partial charge in [0.1, 0.15) is 6.61 Å². The van der Waals surface area contributed by atoms with E-state index < -0.39 is 41.4 Å². The van der Waals surface area contributed by atoms with Gasteiger partial charge in [0.05, 0.1) is 24.3 Å². The predicted molar refractivity (Wildman–Crippen MR) is 147 cm³/mol. The lowest BCUT2D eigenvalue weighted by atomic mass is 9.79. The van der Waals surface area contributed by atoms with E-state index in [1.165, 1.54) is 0 Å². The second kappa shape index (κ2) is 14.2. The summed E-state index contributed by atoms with van der Waals surface area (Å²) in [5.41, 5.74) is 5.81. The molecule has 2 amide bonds. The fraction of sp³-hybridized carbons (Fsp3) is 0.333. The van der Waals surface area contributed by atoms with E-state index in [9.17, 15) is 19.5 Å². The molecule has 39 heavy (non-hydrogen) atoms. The highest BCUT2D eigenvalue weighted by atomic mass is 16.5. The number of aliphatic hydroxyl groups is 1. The molecule has 4 atom stereocenters. The molecule has 0 aliphatic rings. The predicted octanol–water partition coefficient (Wildman–Crippen LogP) is 2.91. The number of alkyl carbamates (subject to hydrolysis) is 1. The molecule has 1 aromatic heterocycles. The minimum absolute atomic E-state index is 0.00353. The molecule has 5 N–H and O–H groups in total. The number of ether oxygens (including phenoxy) is 1. The second-order valence-corrected chi connectivity index (χ2v) is 9.50. The Hall–Kier alpha value is -4.08. The van der Waals surface area contributed by atoms with Crippen LogP contribution in [0, 0.1) is 5.92 Å². The molecule has 0 radical (unpaired) electrons. The Bertz CT molecular complexity index is 1210. The molecule has 0 saturated heterocycles. The van der Waals surface area contributed by atoms with Gasteiger partial charge in [0.15, 0.2) is 5.78 Å². The Balaban J connectivity index is 1.85. The molecule has 9 heteroatoms. The third kappa shape index (κ3) is 7.95. The number of aromatic nitrogens is 1. The van der Waals surface area contributed by atoms with Crippen molar-refractivity contribution in [2.75, 3.05) is 0 Å². The first-order valence-electron chi connectivity index (χ1n) is 13.0. The minimum atomic E-state index is -2.65. The number of Topliss-reactive ketones (excluding diaryl/α,β-unsaturated/α-hetero) is 1. The first-order chi connectivity index (χ1) is 18.8. The smallest absolute Gasteiger partial charge is 0.408 e. The van der Waals surface area contributed by atoms with Gasteiger partial charge in [-0.3, -0.25) is 14.6 Å². The van der Waals surface area contributed by atoms with Gasteiger partial charge in [-0.1, -0.05) is 87.0 Å². The van der Waals surface area contributed by atoms with E-state index in [1.54, 1.807) is 67.7 Å². The summed E-state index contributed by atoms with van der Waals surface area (Å²) in [6, 6.07) is 20.8. The molecule has 3 rings (SSSR count). The topological polar surface area (TPSA) is 144 Å². The van der Waals surface area contributed by atoms with Crippen LogP contribution in [0.1, 0.15) is 37.1 Å². The molecular weight excluding hydrogens is 496 g/mol. The molecule has 0 saturated carbocycles. The zero-order valence-corrected chi connectivity index (χ0v) is 22.2. The highest BCUT2D eigenvalue weighted by Gasteiger charge is 2.52. The SMILES string of the molecule is CC[C@H](C)[C@H](NC(=O)OCc1ccccc1)C(=O)[C@@](O)(C(=O)NCc1ccccn1)[C@@H](N)Cc1ccccc1. The lowest BCUT2D eigenvalue weighted by Gasteiger charge is -2.36. The number of amides is 2. The summed E-state index contributed by atoms with van der Waals surface area (Å²) in [6.45, 7) is 3.56. The first kappa shape index (κ1) is 29.5. The number of hydrogen-bond donors (Lipinski definition) is 4. The van der Waals surface area contributed by atoms with Crippen LogP contribution in [0.25, 0.3) is 0 Å². The number of hydrogen-bond acceptors (Lipinski definition) is 7. The quantitative estimate of drug-likeness (QED) is 0.248. The van der Waals surface area contributed by atoms with Gasteiger partial charge in [-0.05, 0) is 35.6 Å². The zero-order valence-electron chi connectivity index (χ0n) is 22.2. The number of nitrogens with two attached hydrogens (primary N) is 1. The molecular formula is C30H36N4O5. The largest absolute Gasteiger partial charge is 0.445 e. The summed E-state index contributed by atoms with van der Waals surface area (Å²) < 4.78 is 5.31. The minimum Gasteiger partial charge on any atom is -0.445 e.